The molecule has 0 radical (unpaired) electrons. The van der Waals surface area contributed by atoms with E-state index >= 15 is 0 Å². The molecule has 1 amide bonds. The highest BCUT2D eigenvalue weighted by Crippen LogP contribution is 2.26. The molecule has 27 heavy (non-hydrogen) atoms. The molecule has 7 heteroatoms. The van der Waals surface area contributed by atoms with Crippen molar-refractivity contribution in [1.29, 1.82) is 0 Å². The van der Waals surface area contributed by atoms with E-state index in [0.29, 0.717) is 13.1 Å². The number of carboxylic acid groups (broad SMARTS) is 1. The Morgan fingerprint density at radius 1 is 1.19 bits per heavy atom. The van der Waals surface area contributed by atoms with Crippen LogP contribution in [0, 0.1) is 0 Å². The zero-order valence-electron chi connectivity index (χ0n) is 16.2. The zero-order chi connectivity index (χ0) is 19.4. The normalized spacial score (nSPS) is 17.3. The summed E-state index contributed by atoms with van der Waals surface area (Å²) < 4.78 is 5.56. The maximum Gasteiger partial charge on any atom is 0.317 e. The number of fused-ring (bicyclic) bond motifs is 1. The summed E-state index contributed by atoms with van der Waals surface area (Å²) in [5.74, 6) is 0.116. The number of aliphatic carboxylic acids is 1. The number of carbonyl (C=O) groups excluding carboxylic acids is 1. The summed E-state index contributed by atoms with van der Waals surface area (Å²) >= 11 is 0. The lowest BCUT2D eigenvalue weighted by Gasteiger charge is -2.36. The molecule has 2 heterocycles. The van der Waals surface area contributed by atoms with Crippen molar-refractivity contribution in [3.8, 4) is 5.75 Å². The topological polar surface area (TPSA) is 73.3 Å². The Bertz CT molecular complexity index is 684. The minimum atomic E-state index is -0.902. The average molecular weight is 375 g/mol. The molecule has 0 aliphatic carbocycles. The second-order valence-corrected chi connectivity index (χ2v) is 7.59. The van der Waals surface area contributed by atoms with Gasteiger partial charge < -0.3 is 14.7 Å². The Kier molecular flexibility index (Phi) is 6.34. The van der Waals surface area contributed by atoms with Crippen LogP contribution >= 0.6 is 0 Å². The third kappa shape index (κ3) is 5.20. The summed E-state index contributed by atoms with van der Waals surface area (Å²) in [5, 5.41) is 9.01. The minimum absolute atomic E-state index is 0.0132. The SMILES string of the molecule is CC(C)N(CC(=O)O)CC(=O)N1CCN(Cc2ccc3c(c2)CCO3)CC1. The van der Waals surface area contributed by atoms with Crippen molar-refractivity contribution >= 4 is 11.9 Å². The van der Waals surface area contributed by atoms with Crippen LogP contribution in [0.2, 0.25) is 0 Å². The van der Waals surface area contributed by atoms with Crippen molar-refractivity contribution in [2.24, 2.45) is 0 Å². The van der Waals surface area contributed by atoms with Crippen LogP contribution in [0.3, 0.4) is 0 Å². The van der Waals surface area contributed by atoms with Crippen LogP contribution in [-0.4, -0.2) is 83.6 Å². The Labute approximate surface area is 160 Å². The van der Waals surface area contributed by atoms with Crippen molar-refractivity contribution in [1.82, 2.24) is 14.7 Å². The molecular weight excluding hydrogens is 346 g/mol. The molecule has 1 saturated heterocycles. The van der Waals surface area contributed by atoms with Crippen LogP contribution in [-0.2, 0) is 22.6 Å². The van der Waals surface area contributed by atoms with E-state index < -0.39 is 5.97 Å². The van der Waals surface area contributed by atoms with E-state index in [1.54, 1.807) is 4.90 Å². The van der Waals surface area contributed by atoms with Crippen LogP contribution in [0.15, 0.2) is 18.2 Å². The van der Waals surface area contributed by atoms with Crippen LogP contribution in [0.4, 0.5) is 0 Å². The first-order valence-electron chi connectivity index (χ1n) is 9.63. The summed E-state index contributed by atoms with van der Waals surface area (Å²) in [6.45, 7) is 8.57. The first-order chi connectivity index (χ1) is 12.9. The van der Waals surface area contributed by atoms with E-state index in [4.69, 9.17) is 9.84 Å². The van der Waals surface area contributed by atoms with Crippen LogP contribution < -0.4 is 4.74 Å². The molecule has 1 N–H and O–H groups in total. The molecule has 0 unspecified atom stereocenters. The lowest BCUT2D eigenvalue weighted by molar-refractivity contribution is -0.141. The summed E-state index contributed by atoms with van der Waals surface area (Å²) in [6.07, 6.45) is 0.980. The highest BCUT2D eigenvalue weighted by atomic mass is 16.5. The van der Waals surface area contributed by atoms with E-state index in [-0.39, 0.29) is 25.0 Å². The molecule has 1 fully saturated rings. The highest BCUT2D eigenvalue weighted by Gasteiger charge is 2.25. The molecule has 148 valence electrons. The van der Waals surface area contributed by atoms with Crippen molar-refractivity contribution in [2.75, 3.05) is 45.9 Å². The van der Waals surface area contributed by atoms with E-state index in [1.807, 2.05) is 18.7 Å². The third-order valence-corrected chi connectivity index (χ3v) is 5.29. The zero-order valence-corrected chi connectivity index (χ0v) is 16.2. The maximum absolute atomic E-state index is 12.5. The summed E-state index contributed by atoms with van der Waals surface area (Å²) in [5.41, 5.74) is 2.57. The van der Waals surface area contributed by atoms with E-state index in [1.165, 1.54) is 11.1 Å². The fourth-order valence-corrected chi connectivity index (χ4v) is 3.62. The van der Waals surface area contributed by atoms with Gasteiger partial charge in [0.2, 0.25) is 5.91 Å². The average Bonchev–Trinajstić information content (AvgIpc) is 3.09. The van der Waals surface area contributed by atoms with E-state index in [2.05, 4.69) is 23.1 Å². The van der Waals surface area contributed by atoms with Gasteiger partial charge in [-0.2, -0.15) is 0 Å². The Hall–Kier alpha value is -2.12. The van der Waals surface area contributed by atoms with Crippen LogP contribution in [0.1, 0.15) is 25.0 Å². The van der Waals surface area contributed by atoms with Crippen molar-refractivity contribution in [2.45, 2.75) is 32.9 Å². The number of ether oxygens (including phenoxy) is 1. The molecule has 1 aromatic carbocycles. The Morgan fingerprint density at radius 2 is 1.93 bits per heavy atom. The Balaban J connectivity index is 1.48. The number of amides is 1. The number of nitrogens with zero attached hydrogens (tertiary/aromatic N) is 3. The number of benzene rings is 1. The lowest BCUT2D eigenvalue weighted by atomic mass is 10.1. The second-order valence-electron chi connectivity index (χ2n) is 7.59. The summed E-state index contributed by atoms with van der Waals surface area (Å²) in [7, 11) is 0. The van der Waals surface area contributed by atoms with Crippen molar-refractivity contribution < 1.29 is 19.4 Å². The first-order valence-corrected chi connectivity index (χ1v) is 9.63. The summed E-state index contributed by atoms with van der Waals surface area (Å²) in [6, 6.07) is 6.43. The molecule has 0 aromatic heterocycles. The number of hydrogen-bond donors (Lipinski definition) is 1. The van der Waals surface area contributed by atoms with E-state index in [9.17, 15) is 9.59 Å². The maximum atomic E-state index is 12.5. The summed E-state index contributed by atoms with van der Waals surface area (Å²) in [4.78, 5) is 29.4. The van der Waals surface area contributed by atoms with Gasteiger partial charge in [0.1, 0.15) is 5.75 Å². The monoisotopic (exact) mass is 375 g/mol. The minimum Gasteiger partial charge on any atom is -0.493 e. The molecule has 0 saturated carbocycles. The Morgan fingerprint density at radius 3 is 2.59 bits per heavy atom. The smallest absolute Gasteiger partial charge is 0.317 e. The molecule has 0 spiro atoms. The molecule has 0 bridgehead atoms. The standard InChI is InChI=1S/C20H29N3O4/c1-15(2)23(14-20(25)26)13-19(24)22-8-6-21(7-9-22)12-16-3-4-18-17(11-16)5-10-27-18/h3-4,11,15H,5-10,12-14H2,1-2H3,(H,25,26). The van der Waals surface area contributed by atoms with Crippen LogP contribution in [0.5, 0.6) is 5.75 Å². The van der Waals surface area contributed by atoms with Gasteiger partial charge in [-0.05, 0) is 31.0 Å². The van der Waals surface area contributed by atoms with Gasteiger partial charge >= 0.3 is 5.97 Å². The molecular formula is C20H29N3O4. The van der Waals surface area contributed by atoms with E-state index in [0.717, 1.165) is 38.4 Å². The number of carbonyl (C=O) groups is 2. The largest absolute Gasteiger partial charge is 0.493 e. The molecule has 2 aliphatic heterocycles. The van der Waals surface area contributed by atoms with Gasteiger partial charge in [-0.15, -0.1) is 0 Å². The molecule has 0 atom stereocenters. The van der Waals surface area contributed by atoms with Crippen LogP contribution in [0.25, 0.3) is 0 Å². The van der Waals surface area contributed by atoms with Gasteiger partial charge in [0.05, 0.1) is 19.7 Å². The predicted octanol–water partition coefficient (Wildman–Crippen LogP) is 1.06. The van der Waals surface area contributed by atoms with Gasteiger partial charge in [-0.25, -0.2) is 0 Å². The van der Waals surface area contributed by atoms with Gasteiger partial charge in [0.15, 0.2) is 0 Å². The first kappa shape index (κ1) is 19.6. The lowest BCUT2D eigenvalue weighted by Crippen LogP contribution is -2.52. The number of piperazine rings is 1. The quantitative estimate of drug-likeness (QED) is 0.768. The van der Waals surface area contributed by atoms with Crippen molar-refractivity contribution in [3.05, 3.63) is 29.3 Å². The number of carboxylic acids is 1. The second kappa shape index (κ2) is 8.71. The fraction of sp³-hybridized carbons (Fsp3) is 0.600. The van der Waals surface area contributed by atoms with Crippen molar-refractivity contribution in [3.63, 3.8) is 0 Å². The number of rotatable bonds is 7. The third-order valence-electron chi connectivity index (χ3n) is 5.29. The molecule has 3 rings (SSSR count). The molecule has 2 aliphatic rings. The fourth-order valence-electron chi connectivity index (χ4n) is 3.62. The molecule has 1 aromatic rings. The van der Waals surface area contributed by atoms with Gasteiger partial charge in [0, 0.05) is 45.2 Å². The number of hydrogen-bond acceptors (Lipinski definition) is 5. The van der Waals surface area contributed by atoms with Gasteiger partial charge in [-0.1, -0.05) is 12.1 Å². The predicted molar refractivity (Wildman–Crippen MR) is 102 cm³/mol. The molecule has 7 nitrogen and oxygen atoms in total. The highest BCUT2D eigenvalue weighted by molar-refractivity contribution is 5.79. The van der Waals surface area contributed by atoms with Gasteiger partial charge in [-0.3, -0.25) is 19.4 Å². The van der Waals surface area contributed by atoms with Gasteiger partial charge in [0.25, 0.3) is 0 Å².